The van der Waals surface area contributed by atoms with Gasteiger partial charge in [0.2, 0.25) is 6.41 Å². The van der Waals surface area contributed by atoms with Crippen LogP contribution in [0.15, 0.2) is 43.0 Å². The first-order valence-corrected chi connectivity index (χ1v) is 7.83. The lowest BCUT2D eigenvalue weighted by Crippen LogP contribution is -2.45. The first-order valence-electron chi connectivity index (χ1n) is 7.83. The molecule has 0 spiro atoms. The Morgan fingerprint density at radius 3 is 2.71 bits per heavy atom. The Morgan fingerprint density at radius 2 is 2.00 bits per heavy atom. The summed E-state index contributed by atoms with van der Waals surface area (Å²) in [4.78, 5) is 35.2. The molecule has 0 bridgehead atoms. The van der Waals surface area contributed by atoms with E-state index in [0.29, 0.717) is 25.2 Å². The number of nitrogens with zero attached hydrogens (tertiary/aromatic N) is 4. The fourth-order valence-electron chi connectivity index (χ4n) is 2.60. The van der Waals surface area contributed by atoms with E-state index in [1.165, 1.54) is 0 Å². The molecular weight excluding hydrogens is 306 g/mol. The second-order valence-corrected chi connectivity index (χ2v) is 5.60. The topological polar surface area (TPSA) is 78.4 Å². The van der Waals surface area contributed by atoms with E-state index in [0.717, 1.165) is 30.8 Å². The van der Waals surface area contributed by atoms with Gasteiger partial charge in [0, 0.05) is 51.3 Å². The molecule has 3 rings (SSSR count). The van der Waals surface area contributed by atoms with E-state index in [1.54, 1.807) is 29.7 Å². The fourth-order valence-corrected chi connectivity index (χ4v) is 2.60. The third-order valence-electron chi connectivity index (χ3n) is 3.99. The van der Waals surface area contributed by atoms with Crippen molar-refractivity contribution in [1.82, 2.24) is 20.2 Å². The van der Waals surface area contributed by atoms with Crippen molar-refractivity contribution >= 4 is 18.0 Å². The quantitative estimate of drug-likeness (QED) is 0.818. The van der Waals surface area contributed by atoms with E-state index in [2.05, 4.69) is 20.2 Å². The van der Waals surface area contributed by atoms with Gasteiger partial charge in [-0.3, -0.25) is 19.6 Å². The highest BCUT2D eigenvalue weighted by Crippen LogP contribution is 2.16. The molecule has 2 aromatic rings. The lowest BCUT2D eigenvalue weighted by molar-refractivity contribution is -0.118. The summed E-state index contributed by atoms with van der Waals surface area (Å²) in [5, 5.41) is 2.87. The number of hydrogen-bond acceptors (Lipinski definition) is 5. The minimum absolute atomic E-state index is 0.167. The number of piperazine rings is 1. The van der Waals surface area contributed by atoms with Crippen LogP contribution in [0.5, 0.6) is 0 Å². The lowest BCUT2D eigenvalue weighted by atomic mass is 10.2. The number of hydrogen-bond donors (Lipinski definition) is 1. The smallest absolute Gasteiger partial charge is 0.253 e. The molecule has 7 nitrogen and oxygen atoms in total. The van der Waals surface area contributed by atoms with Gasteiger partial charge >= 0.3 is 0 Å². The molecule has 0 aliphatic carbocycles. The van der Waals surface area contributed by atoms with Gasteiger partial charge in [0.1, 0.15) is 0 Å². The zero-order valence-corrected chi connectivity index (χ0v) is 13.3. The van der Waals surface area contributed by atoms with Gasteiger partial charge in [0.15, 0.2) is 0 Å². The van der Waals surface area contributed by atoms with Crippen LogP contribution in [0.3, 0.4) is 0 Å². The Kier molecular flexibility index (Phi) is 5.00. The lowest BCUT2D eigenvalue weighted by Gasteiger charge is -2.34. The van der Waals surface area contributed by atoms with Crippen LogP contribution in [-0.2, 0) is 11.3 Å². The zero-order chi connectivity index (χ0) is 16.8. The van der Waals surface area contributed by atoms with Crippen LogP contribution in [0.1, 0.15) is 15.9 Å². The molecular formula is C17H19N5O2. The Bertz CT molecular complexity index is 699. The van der Waals surface area contributed by atoms with Crippen LogP contribution in [-0.4, -0.2) is 53.4 Å². The summed E-state index contributed by atoms with van der Waals surface area (Å²) < 4.78 is 0. The predicted molar refractivity (Wildman–Crippen MR) is 89.5 cm³/mol. The third kappa shape index (κ3) is 3.87. The number of amides is 2. The molecule has 1 N–H and O–H groups in total. The number of anilines is 1. The van der Waals surface area contributed by atoms with Crippen molar-refractivity contribution in [3.8, 4) is 0 Å². The largest absolute Gasteiger partial charge is 0.367 e. The Labute approximate surface area is 140 Å². The van der Waals surface area contributed by atoms with Gasteiger partial charge < -0.3 is 15.1 Å². The zero-order valence-electron chi connectivity index (χ0n) is 13.3. The maximum Gasteiger partial charge on any atom is 0.253 e. The molecule has 7 heteroatoms. The molecule has 0 aromatic carbocycles. The molecule has 0 unspecified atom stereocenters. The number of rotatable bonds is 5. The minimum Gasteiger partial charge on any atom is -0.367 e. The Morgan fingerprint density at radius 1 is 1.17 bits per heavy atom. The summed E-state index contributed by atoms with van der Waals surface area (Å²) in [5.41, 5.74) is 2.36. The standard InChI is InChI=1S/C17H19N5O2/c23-13-21-4-6-22(7-5-21)16-8-15(11-19-12-16)17(24)20-10-14-2-1-3-18-9-14/h1-3,8-9,11-13H,4-7,10H2,(H,20,24). The number of nitrogens with one attached hydrogen (secondary N) is 1. The van der Waals surface area contributed by atoms with Crippen molar-refractivity contribution in [2.75, 3.05) is 31.1 Å². The van der Waals surface area contributed by atoms with Gasteiger partial charge in [-0.05, 0) is 17.7 Å². The monoisotopic (exact) mass is 325 g/mol. The average molecular weight is 325 g/mol. The molecule has 1 aliphatic heterocycles. The van der Waals surface area contributed by atoms with Crippen LogP contribution in [0.2, 0.25) is 0 Å². The van der Waals surface area contributed by atoms with E-state index in [4.69, 9.17) is 0 Å². The summed E-state index contributed by atoms with van der Waals surface area (Å²) in [6.45, 7) is 3.26. The summed E-state index contributed by atoms with van der Waals surface area (Å²) in [6.07, 6.45) is 7.60. The molecule has 0 saturated carbocycles. The highest BCUT2D eigenvalue weighted by Gasteiger charge is 2.17. The number of pyridine rings is 2. The summed E-state index contributed by atoms with van der Waals surface area (Å²) in [5.74, 6) is -0.167. The highest BCUT2D eigenvalue weighted by atomic mass is 16.1. The molecule has 3 heterocycles. The number of carbonyl (C=O) groups is 2. The normalized spacial score (nSPS) is 14.3. The molecule has 0 radical (unpaired) electrons. The SMILES string of the molecule is O=CN1CCN(c2cncc(C(=O)NCc3cccnc3)c2)CC1. The van der Waals surface area contributed by atoms with E-state index in [9.17, 15) is 9.59 Å². The van der Waals surface area contributed by atoms with Crippen LogP contribution in [0, 0.1) is 0 Å². The molecule has 124 valence electrons. The molecule has 2 aromatic heterocycles. The molecule has 2 amide bonds. The maximum absolute atomic E-state index is 12.3. The number of aromatic nitrogens is 2. The van der Waals surface area contributed by atoms with Crippen molar-refractivity contribution in [2.45, 2.75) is 6.54 Å². The molecule has 1 aliphatic rings. The first kappa shape index (κ1) is 15.9. The second-order valence-electron chi connectivity index (χ2n) is 5.60. The van der Waals surface area contributed by atoms with Crippen molar-refractivity contribution in [3.05, 3.63) is 54.1 Å². The van der Waals surface area contributed by atoms with Crippen LogP contribution < -0.4 is 10.2 Å². The molecule has 24 heavy (non-hydrogen) atoms. The van der Waals surface area contributed by atoms with Crippen molar-refractivity contribution in [2.24, 2.45) is 0 Å². The van der Waals surface area contributed by atoms with Crippen molar-refractivity contribution < 1.29 is 9.59 Å². The van der Waals surface area contributed by atoms with Crippen molar-refractivity contribution in [3.63, 3.8) is 0 Å². The second kappa shape index (κ2) is 7.54. The van der Waals surface area contributed by atoms with Gasteiger partial charge in [-0.2, -0.15) is 0 Å². The van der Waals surface area contributed by atoms with Crippen molar-refractivity contribution in [1.29, 1.82) is 0 Å². The van der Waals surface area contributed by atoms with Gasteiger partial charge in [-0.15, -0.1) is 0 Å². The molecule has 0 atom stereocenters. The van der Waals surface area contributed by atoms with E-state index in [-0.39, 0.29) is 5.91 Å². The van der Waals surface area contributed by atoms with Crippen LogP contribution in [0.25, 0.3) is 0 Å². The molecule has 1 fully saturated rings. The van der Waals surface area contributed by atoms with Gasteiger partial charge in [0.05, 0.1) is 17.4 Å². The average Bonchev–Trinajstić information content (AvgIpc) is 2.67. The summed E-state index contributed by atoms with van der Waals surface area (Å²) in [6, 6.07) is 5.58. The first-order chi connectivity index (χ1) is 11.8. The predicted octanol–water partition coefficient (Wildman–Crippen LogP) is 0.685. The Hall–Kier alpha value is -2.96. The fraction of sp³-hybridized carbons (Fsp3) is 0.294. The van der Waals surface area contributed by atoms with E-state index >= 15 is 0 Å². The third-order valence-corrected chi connectivity index (χ3v) is 3.99. The van der Waals surface area contributed by atoms with Gasteiger partial charge in [-0.25, -0.2) is 0 Å². The van der Waals surface area contributed by atoms with Crippen LogP contribution in [0.4, 0.5) is 5.69 Å². The molecule has 1 saturated heterocycles. The summed E-state index contributed by atoms with van der Waals surface area (Å²) >= 11 is 0. The number of carbonyl (C=O) groups excluding carboxylic acids is 2. The summed E-state index contributed by atoms with van der Waals surface area (Å²) in [7, 11) is 0. The Balaban J connectivity index is 1.62. The van der Waals surface area contributed by atoms with E-state index < -0.39 is 0 Å². The maximum atomic E-state index is 12.3. The van der Waals surface area contributed by atoms with Crippen LogP contribution >= 0.6 is 0 Å². The van der Waals surface area contributed by atoms with Gasteiger partial charge in [-0.1, -0.05) is 6.07 Å². The highest BCUT2D eigenvalue weighted by molar-refractivity contribution is 5.94. The van der Waals surface area contributed by atoms with Gasteiger partial charge in [0.25, 0.3) is 5.91 Å². The van der Waals surface area contributed by atoms with E-state index in [1.807, 2.05) is 18.2 Å². The minimum atomic E-state index is -0.167.